The van der Waals surface area contributed by atoms with E-state index in [2.05, 4.69) is 43.1 Å². The average molecular weight is 292 g/mol. The number of nitrogens with zero attached hydrogens (tertiary/aromatic N) is 1. The highest BCUT2D eigenvalue weighted by Crippen LogP contribution is 2.17. The average Bonchev–Trinajstić information content (AvgIpc) is 2.53. The van der Waals surface area contributed by atoms with Crippen LogP contribution in [0, 0.1) is 0 Å². The standard InChI is InChI=1S/C17H28N2O2/c1-13(2)19-9-10-21-17(12-19)11-18-14(3)15-5-7-16(20-4)8-6-15/h5-8,13-14,17-18H,9-12H2,1-4H3. The van der Waals surface area contributed by atoms with E-state index in [1.807, 2.05) is 12.1 Å². The van der Waals surface area contributed by atoms with Crippen molar-refractivity contribution in [1.82, 2.24) is 10.2 Å². The second-order valence-electron chi connectivity index (χ2n) is 5.98. The molecule has 118 valence electrons. The summed E-state index contributed by atoms with van der Waals surface area (Å²) in [4.78, 5) is 2.48. The Morgan fingerprint density at radius 2 is 2.00 bits per heavy atom. The summed E-state index contributed by atoms with van der Waals surface area (Å²) in [7, 11) is 1.69. The van der Waals surface area contributed by atoms with Crippen LogP contribution in [0.3, 0.4) is 0 Å². The number of rotatable bonds is 6. The molecular weight excluding hydrogens is 264 g/mol. The van der Waals surface area contributed by atoms with Gasteiger partial charge in [0.1, 0.15) is 5.75 Å². The lowest BCUT2D eigenvalue weighted by Crippen LogP contribution is -2.49. The van der Waals surface area contributed by atoms with Gasteiger partial charge in [-0.05, 0) is 38.5 Å². The number of hydrogen-bond donors (Lipinski definition) is 1. The predicted octanol–water partition coefficient (Wildman–Crippen LogP) is 2.46. The molecule has 0 radical (unpaired) electrons. The molecule has 4 nitrogen and oxygen atoms in total. The molecule has 2 rings (SSSR count). The maximum atomic E-state index is 5.86. The van der Waals surface area contributed by atoms with Crippen LogP contribution < -0.4 is 10.1 Å². The summed E-state index contributed by atoms with van der Waals surface area (Å²) >= 11 is 0. The van der Waals surface area contributed by atoms with Crippen molar-refractivity contribution < 1.29 is 9.47 Å². The van der Waals surface area contributed by atoms with Crippen LogP contribution in [0.15, 0.2) is 24.3 Å². The van der Waals surface area contributed by atoms with E-state index in [0.717, 1.165) is 32.0 Å². The highest BCUT2D eigenvalue weighted by atomic mass is 16.5. The zero-order chi connectivity index (χ0) is 15.2. The largest absolute Gasteiger partial charge is 0.497 e. The van der Waals surface area contributed by atoms with Crippen LogP contribution in [-0.2, 0) is 4.74 Å². The maximum absolute atomic E-state index is 5.86. The Bertz CT molecular complexity index is 419. The fourth-order valence-electron chi connectivity index (χ4n) is 2.65. The Hall–Kier alpha value is -1.10. The molecule has 1 fully saturated rings. The SMILES string of the molecule is COc1ccc(C(C)NCC2CN(C(C)C)CCO2)cc1. The monoisotopic (exact) mass is 292 g/mol. The first-order chi connectivity index (χ1) is 10.1. The molecule has 0 spiro atoms. The van der Waals surface area contributed by atoms with Crippen LogP contribution in [0.2, 0.25) is 0 Å². The van der Waals surface area contributed by atoms with Crippen molar-refractivity contribution in [2.75, 3.05) is 33.4 Å². The first kappa shape index (κ1) is 16.3. The van der Waals surface area contributed by atoms with Crippen LogP contribution in [-0.4, -0.2) is 50.4 Å². The van der Waals surface area contributed by atoms with Crippen molar-refractivity contribution in [2.24, 2.45) is 0 Å². The van der Waals surface area contributed by atoms with Gasteiger partial charge in [0.05, 0.1) is 19.8 Å². The van der Waals surface area contributed by atoms with Crippen molar-refractivity contribution in [3.8, 4) is 5.75 Å². The Labute approximate surface area is 128 Å². The lowest BCUT2D eigenvalue weighted by Gasteiger charge is -2.36. The summed E-state index contributed by atoms with van der Waals surface area (Å²) in [6.45, 7) is 10.5. The molecule has 1 N–H and O–H groups in total. The highest BCUT2D eigenvalue weighted by Gasteiger charge is 2.22. The molecule has 1 aromatic carbocycles. The number of ether oxygens (including phenoxy) is 2. The molecule has 1 aliphatic heterocycles. The first-order valence-electron chi connectivity index (χ1n) is 7.83. The molecule has 0 amide bonds. The van der Waals surface area contributed by atoms with Crippen molar-refractivity contribution in [1.29, 1.82) is 0 Å². The van der Waals surface area contributed by atoms with Gasteiger partial charge in [0, 0.05) is 31.7 Å². The van der Waals surface area contributed by atoms with Crippen molar-refractivity contribution >= 4 is 0 Å². The van der Waals surface area contributed by atoms with Crippen LogP contribution in [0.25, 0.3) is 0 Å². The predicted molar refractivity (Wildman–Crippen MR) is 85.9 cm³/mol. The van der Waals surface area contributed by atoms with E-state index in [1.54, 1.807) is 7.11 Å². The third-order valence-electron chi connectivity index (χ3n) is 4.17. The first-order valence-corrected chi connectivity index (χ1v) is 7.83. The summed E-state index contributed by atoms with van der Waals surface area (Å²) in [6, 6.07) is 9.14. The minimum absolute atomic E-state index is 0.279. The lowest BCUT2D eigenvalue weighted by molar-refractivity contribution is -0.0379. The number of nitrogens with one attached hydrogen (secondary N) is 1. The quantitative estimate of drug-likeness (QED) is 0.873. The van der Waals surface area contributed by atoms with E-state index >= 15 is 0 Å². The third-order valence-corrected chi connectivity index (χ3v) is 4.17. The van der Waals surface area contributed by atoms with Crippen molar-refractivity contribution in [3.05, 3.63) is 29.8 Å². The second-order valence-corrected chi connectivity index (χ2v) is 5.98. The second kappa shape index (κ2) is 7.78. The van der Waals surface area contributed by atoms with Gasteiger partial charge < -0.3 is 14.8 Å². The molecule has 4 heteroatoms. The number of hydrogen-bond acceptors (Lipinski definition) is 4. The minimum atomic E-state index is 0.279. The van der Waals surface area contributed by atoms with Crippen molar-refractivity contribution in [2.45, 2.75) is 39.0 Å². The van der Waals surface area contributed by atoms with E-state index in [0.29, 0.717) is 12.1 Å². The summed E-state index contributed by atoms with van der Waals surface area (Å²) in [5.41, 5.74) is 1.27. The molecule has 0 aliphatic carbocycles. The molecule has 2 unspecified atom stereocenters. The summed E-state index contributed by atoms with van der Waals surface area (Å²) in [5.74, 6) is 0.897. The Morgan fingerprint density at radius 1 is 1.29 bits per heavy atom. The fraction of sp³-hybridized carbons (Fsp3) is 0.647. The zero-order valence-corrected chi connectivity index (χ0v) is 13.6. The summed E-state index contributed by atoms with van der Waals surface area (Å²) in [5, 5.41) is 3.57. The van der Waals surface area contributed by atoms with Gasteiger partial charge in [-0.1, -0.05) is 12.1 Å². The number of methoxy groups -OCH3 is 1. The van der Waals surface area contributed by atoms with E-state index < -0.39 is 0 Å². The molecule has 1 heterocycles. The van der Waals surface area contributed by atoms with Gasteiger partial charge in [-0.15, -0.1) is 0 Å². The van der Waals surface area contributed by atoms with Crippen LogP contribution in [0.4, 0.5) is 0 Å². The van der Waals surface area contributed by atoms with Gasteiger partial charge in [-0.3, -0.25) is 4.90 Å². The molecule has 1 saturated heterocycles. The Kier molecular flexibility index (Phi) is 6.03. The lowest BCUT2D eigenvalue weighted by atomic mass is 10.1. The molecule has 21 heavy (non-hydrogen) atoms. The van der Waals surface area contributed by atoms with Gasteiger partial charge >= 0.3 is 0 Å². The van der Waals surface area contributed by atoms with E-state index in [1.165, 1.54) is 5.56 Å². The zero-order valence-electron chi connectivity index (χ0n) is 13.6. The van der Waals surface area contributed by atoms with Gasteiger partial charge in [0.2, 0.25) is 0 Å². The third kappa shape index (κ3) is 4.70. The topological polar surface area (TPSA) is 33.7 Å². The minimum Gasteiger partial charge on any atom is -0.497 e. The molecule has 1 aliphatic rings. The summed E-state index contributed by atoms with van der Waals surface area (Å²) in [6.07, 6.45) is 0.279. The van der Waals surface area contributed by atoms with Crippen LogP contribution in [0.1, 0.15) is 32.4 Å². The van der Waals surface area contributed by atoms with Crippen LogP contribution >= 0.6 is 0 Å². The van der Waals surface area contributed by atoms with Gasteiger partial charge in [-0.2, -0.15) is 0 Å². The van der Waals surface area contributed by atoms with Gasteiger partial charge in [0.25, 0.3) is 0 Å². The molecular formula is C17H28N2O2. The van der Waals surface area contributed by atoms with Gasteiger partial charge in [0.15, 0.2) is 0 Å². The maximum Gasteiger partial charge on any atom is 0.118 e. The molecule has 2 atom stereocenters. The smallest absolute Gasteiger partial charge is 0.118 e. The normalized spacial score (nSPS) is 21.5. The van der Waals surface area contributed by atoms with Crippen LogP contribution in [0.5, 0.6) is 5.75 Å². The van der Waals surface area contributed by atoms with E-state index in [9.17, 15) is 0 Å². The fourth-order valence-corrected chi connectivity index (χ4v) is 2.65. The van der Waals surface area contributed by atoms with E-state index in [4.69, 9.17) is 9.47 Å². The van der Waals surface area contributed by atoms with Gasteiger partial charge in [-0.25, -0.2) is 0 Å². The number of benzene rings is 1. The van der Waals surface area contributed by atoms with E-state index in [-0.39, 0.29) is 6.10 Å². The Balaban J connectivity index is 1.81. The molecule has 1 aromatic rings. The molecule has 0 bridgehead atoms. The Morgan fingerprint density at radius 3 is 2.62 bits per heavy atom. The highest BCUT2D eigenvalue weighted by molar-refractivity contribution is 5.28. The molecule has 0 saturated carbocycles. The van der Waals surface area contributed by atoms with Crippen molar-refractivity contribution in [3.63, 3.8) is 0 Å². The number of morpholine rings is 1. The molecule has 0 aromatic heterocycles. The summed E-state index contributed by atoms with van der Waals surface area (Å²) < 4.78 is 11.0.